The summed E-state index contributed by atoms with van der Waals surface area (Å²) in [5.41, 5.74) is 5.87. The van der Waals surface area contributed by atoms with E-state index >= 15 is 0 Å². The lowest BCUT2D eigenvalue weighted by atomic mass is 10.0. The average Bonchev–Trinajstić information content (AvgIpc) is 2.71. The first kappa shape index (κ1) is 15.0. The van der Waals surface area contributed by atoms with E-state index in [2.05, 4.69) is 4.98 Å². The molecule has 0 saturated carbocycles. The SMILES string of the molecule is CCOC(=O)c1ncn(C(C(=O)OC)C(C)C)c1N. The molecule has 7 nitrogen and oxygen atoms in total. The minimum absolute atomic E-state index is 0.0106. The highest BCUT2D eigenvalue weighted by Crippen LogP contribution is 2.24. The number of methoxy groups -OCH3 is 1. The first-order valence-electron chi connectivity index (χ1n) is 6.01. The van der Waals surface area contributed by atoms with Gasteiger partial charge in [0.15, 0.2) is 5.69 Å². The molecule has 0 aliphatic rings. The molecule has 1 aromatic rings. The Balaban J connectivity index is 3.13. The van der Waals surface area contributed by atoms with Crippen LogP contribution in [-0.4, -0.2) is 35.2 Å². The van der Waals surface area contributed by atoms with Crippen LogP contribution in [0, 0.1) is 5.92 Å². The van der Waals surface area contributed by atoms with Crippen molar-refractivity contribution in [2.75, 3.05) is 19.5 Å². The van der Waals surface area contributed by atoms with Gasteiger partial charge < -0.3 is 19.8 Å². The van der Waals surface area contributed by atoms with Gasteiger partial charge in [0.1, 0.15) is 11.9 Å². The standard InChI is InChI=1S/C12H19N3O4/c1-5-19-11(16)8-10(13)15(6-14-8)9(7(2)3)12(17)18-4/h6-7,9H,5,13H2,1-4H3. The van der Waals surface area contributed by atoms with E-state index < -0.39 is 18.0 Å². The van der Waals surface area contributed by atoms with Crippen molar-refractivity contribution in [3.05, 3.63) is 12.0 Å². The highest BCUT2D eigenvalue weighted by molar-refractivity contribution is 5.92. The molecular weight excluding hydrogens is 250 g/mol. The number of nitrogens with two attached hydrogens (primary N) is 1. The summed E-state index contributed by atoms with van der Waals surface area (Å²) in [6.45, 7) is 5.63. The second kappa shape index (κ2) is 6.21. The molecule has 0 bridgehead atoms. The summed E-state index contributed by atoms with van der Waals surface area (Å²) in [5, 5.41) is 0. The van der Waals surface area contributed by atoms with Crippen molar-refractivity contribution in [2.45, 2.75) is 26.8 Å². The molecule has 106 valence electrons. The van der Waals surface area contributed by atoms with Crippen molar-refractivity contribution in [1.29, 1.82) is 0 Å². The molecule has 19 heavy (non-hydrogen) atoms. The number of aromatic nitrogens is 2. The van der Waals surface area contributed by atoms with Crippen LogP contribution in [0.5, 0.6) is 0 Å². The molecule has 1 heterocycles. The highest BCUT2D eigenvalue weighted by atomic mass is 16.5. The van der Waals surface area contributed by atoms with Crippen LogP contribution in [0.4, 0.5) is 5.82 Å². The van der Waals surface area contributed by atoms with Gasteiger partial charge in [-0.1, -0.05) is 13.8 Å². The van der Waals surface area contributed by atoms with Crippen molar-refractivity contribution >= 4 is 17.8 Å². The van der Waals surface area contributed by atoms with Crippen molar-refractivity contribution in [3.63, 3.8) is 0 Å². The Morgan fingerprint density at radius 3 is 2.58 bits per heavy atom. The fourth-order valence-electron chi connectivity index (χ4n) is 1.78. The van der Waals surface area contributed by atoms with E-state index in [1.165, 1.54) is 18.0 Å². The molecule has 0 fully saturated rings. The fourth-order valence-corrected chi connectivity index (χ4v) is 1.78. The largest absolute Gasteiger partial charge is 0.467 e. The number of carbonyl (C=O) groups is 2. The summed E-state index contributed by atoms with van der Waals surface area (Å²) in [6, 6.07) is -0.624. The third-order valence-corrected chi connectivity index (χ3v) is 2.67. The van der Waals surface area contributed by atoms with E-state index in [1.54, 1.807) is 6.92 Å². The summed E-state index contributed by atoms with van der Waals surface area (Å²) < 4.78 is 11.0. The van der Waals surface area contributed by atoms with Crippen LogP contribution in [0.25, 0.3) is 0 Å². The minimum atomic E-state index is -0.624. The van der Waals surface area contributed by atoms with Gasteiger partial charge in [0.25, 0.3) is 0 Å². The summed E-state index contributed by atoms with van der Waals surface area (Å²) in [7, 11) is 1.30. The van der Waals surface area contributed by atoms with Gasteiger partial charge in [0.2, 0.25) is 0 Å². The minimum Gasteiger partial charge on any atom is -0.467 e. The number of hydrogen-bond acceptors (Lipinski definition) is 6. The number of imidazole rings is 1. The van der Waals surface area contributed by atoms with Gasteiger partial charge in [-0.15, -0.1) is 0 Å². The van der Waals surface area contributed by atoms with E-state index in [0.29, 0.717) is 0 Å². The molecule has 0 aromatic carbocycles. The predicted molar refractivity (Wildman–Crippen MR) is 68.5 cm³/mol. The topological polar surface area (TPSA) is 96.4 Å². The maximum absolute atomic E-state index is 11.8. The van der Waals surface area contributed by atoms with Crippen LogP contribution in [0.2, 0.25) is 0 Å². The Labute approximate surface area is 111 Å². The van der Waals surface area contributed by atoms with Crippen LogP contribution in [0.1, 0.15) is 37.3 Å². The quantitative estimate of drug-likeness (QED) is 0.801. The van der Waals surface area contributed by atoms with Crippen molar-refractivity contribution in [2.24, 2.45) is 5.92 Å². The first-order valence-corrected chi connectivity index (χ1v) is 6.01. The summed E-state index contributed by atoms with van der Waals surface area (Å²) in [6.07, 6.45) is 1.35. The maximum atomic E-state index is 11.8. The molecular formula is C12H19N3O4. The van der Waals surface area contributed by atoms with Crippen molar-refractivity contribution in [3.8, 4) is 0 Å². The van der Waals surface area contributed by atoms with Crippen molar-refractivity contribution in [1.82, 2.24) is 9.55 Å². The van der Waals surface area contributed by atoms with Crippen molar-refractivity contribution < 1.29 is 19.1 Å². The van der Waals surface area contributed by atoms with Crippen LogP contribution in [0.15, 0.2) is 6.33 Å². The molecule has 1 atom stereocenters. The van der Waals surface area contributed by atoms with Crippen LogP contribution in [-0.2, 0) is 14.3 Å². The zero-order valence-corrected chi connectivity index (χ0v) is 11.5. The molecule has 0 aliphatic heterocycles. The highest BCUT2D eigenvalue weighted by Gasteiger charge is 2.29. The van der Waals surface area contributed by atoms with Gasteiger partial charge in [0, 0.05) is 0 Å². The smallest absolute Gasteiger partial charge is 0.360 e. The summed E-state index contributed by atoms with van der Waals surface area (Å²) in [4.78, 5) is 27.3. The summed E-state index contributed by atoms with van der Waals surface area (Å²) in [5.74, 6) is -0.998. The van der Waals surface area contributed by atoms with E-state index in [9.17, 15) is 9.59 Å². The number of nitrogen functional groups attached to an aromatic ring is 1. The maximum Gasteiger partial charge on any atom is 0.360 e. The van der Waals surface area contributed by atoms with E-state index in [-0.39, 0.29) is 24.0 Å². The van der Waals surface area contributed by atoms with Gasteiger partial charge in [-0.3, -0.25) is 0 Å². The zero-order chi connectivity index (χ0) is 14.6. The number of rotatable bonds is 5. The molecule has 7 heteroatoms. The number of esters is 2. The van der Waals surface area contributed by atoms with Gasteiger partial charge in [-0.05, 0) is 12.8 Å². The fraction of sp³-hybridized carbons (Fsp3) is 0.583. The Bertz CT molecular complexity index is 468. The molecule has 2 N–H and O–H groups in total. The number of hydrogen-bond donors (Lipinski definition) is 1. The number of nitrogens with zero attached hydrogens (tertiary/aromatic N) is 2. The molecule has 1 unspecified atom stereocenters. The van der Waals surface area contributed by atoms with Gasteiger partial charge >= 0.3 is 11.9 Å². The second-order valence-electron chi connectivity index (χ2n) is 4.32. The van der Waals surface area contributed by atoms with Gasteiger partial charge in [-0.2, -0.15) is 0 Å². The lowest BCUT2D eigenvalue weighted by Crippen LogP contribution is -2.26. The average molecular weight is 269 g/mol. The van der Waals surface area contributed by atoms with E-state index in [0.717, 1.165) is 0 Å². The predicted octanol–water partition coefficient (Wildman–Crippen LogP) is 1.01. The molecule has 1 rings (SSSR count). The molecule has 0 saturated heterocycles. The van der Waals surface area contributed by atoms with Gasteiger partial charge in [0.05, 0.1) is 20.0 Å². The summed E-state index contributed by atoms with van der Waals surface area (Å²) >= 11 is 0. The third-order valence-electron chi connectivity index (χ3n) is 2.67. The molecule has 1 aromatic heterocycles. The first-order chi connectivity index (χ1) is 8.93. The molecule has 0 amide bonds. The second-order valence-corrected chi connectivity index (χ2v) is 4.32. The van der Waals surface area contributed by atoms with Crippen LogP contribution in [0.3, 0.4) is 0 Å². The Kier molecular flexibility index (Phi) is 4.91. The Hall–Kier alpha value is -2.05. The van der Waals surface area contributed by atoms with E-state index in [4.69, 9.17) is 15.2 Å². The van der Waals surface area contributed by atoms with E-state index in [1.807, 2.05) is 13.8 Å². The normalized spacial score (nSPS) is 12.3. The molecule has 0 radical (unpaired) electrons. The number of anilines is 1. The molecule has 0 aliphatic carbocycles. The molecule has 0 spiro atoms. The monoisotopic (exact) mass is 269 g/mol. The van der Waals surface area contributed by atoms with Gasteiger partial charge in [-0.25, -0.2) is 14.6 Å². The zero-order valence-electron chi connectivity index (χ0n) is 11.5. The third kappa shape index (κ3) is 3.04. The van der Waals surface area contributed by atoms with Crippen LogP contribution < -0.4 is 5.73 Å². The Morgan fingerprint density at radius 2 is 2.11 bits per heavy atom. The lowest BCUT2D eigenvalue weighted by Gasteiger charge is -2.20. The number of ether oxygens (including phenoxy) is 2. The van der Waals surface area contributed by atoms with Crippen LogP contribution >= 0.6 is 0 Å². The number of carbonyl (C=O) groups excluding carboxylic acids is 2. The lowest BCUT2D eigenvalue weighted by molar-refractivity contribution is -0.145. The Morgan fingerprint density at radius 1 is 1.47 bits per heavy atom.